The first kappa shape index (κ1) is 16.5. The number of carbonyl (C=O) groups is 2. The minimum atomic E-state index is -0.238. The molecular weight excluding hydrogens is 280 g/mol. The molecular formula is C17H24N2O3. The predicted octanol–water partition coefficient (Wildman–Crippen LogP) is 1.72. The molecule has 0 aliphatic heterocycles. The Morgan fingerprint density at radius 1 is 1.27 bits per heavy atom. The lowest BCUT2D eigenvalue weighted by Crippen LogP contribution is -2.38. The predicted molar refractivity (Wildman–Crippen MR) is 84.1 cm³/mol. The molecule has 1 aromatic carbocycles. The van der Waals surface area contributed by atoms with Crippen LogP contribution in [-0.4, -0.2) is 43.0 Å². The van der Waals surface area contributed by atoms with Crippen molar-refractivity contribution in [2.45, 2.75) is 38.3 Å². The molecule has 0 aromatic heterocycles. The number of hydrogen-bond donors (Lipinski definition) is 1. The Balaban J connectivity index is 1.71. The van der Waals surface area contributed by atoms with E-state index >= 15 is 0 Å². The van der Waals surface area contributed by atoms with E-state index in [4.69, 9.17) is 0 Å². The molecule has 0 heterocycles. The van der Waals surface area contributed by atoms with Crippen LogP contribution in [0.3, 0.4) is 0 Å². The van der Waals surface area contributed by atoms with Gasteiger partial charge in [-0.2, -0.15) is 0 Å². The smallest absolute Gasteiger partial charge is 0.305 e. The Hall–Kier alpha value is -1.88. The van der Waals surface area contributed by atoms with Crippen molar-refractivity contribution in [2.75, 3.05) is 20.2 Å². The van der Waals surface area contributed by atoms with Gasteiger partial charge in [0.1, 0.15) is 0 Å². The van der Waals surface area contributed by atoms with Crippen LogP contribution in [0.2, 0.25) is 0 Å². The second-order valence-corrected chi connectivity index (χ2v) is 5.65. The minimum Gasteiger partial charge on any atom is -0.469 e. The van der Waals surface area contributed by atoms with Gasteiger partial charge in [-0.25, -0.2) is 0 Å². The Morgan fingerprint density at radius 2 is 2.00 bits per heavy atom. The first-order valence-corrected chi connectivity index (χ1v) is 7.80. The van der Waals surface area contributed by atoms with E-state index in [0.29, 0.717) is 32.0 Å². The third kappa shape index (κ3) is 5.85. The van der Waals surface area contributed by atoms with Crippen LogP contribution in [0.25, 0.3) is 0 Å². The molecule has 0 bridgehead atoms. The van der Waals surface area contributed by atoms with Gasteiger partial charge in [-0.15, -0.1) is 0 Å². The summed E-state index contributed by atoms with van der Waals surface area (Å²) in [6.45, 7) is 1.73. The second kappa shape index (κ2) is 8.54. The summed E-state index contributed by atoms with van der Waals surface area (Å²) in [5.41, 5.74) is 1.23. The fraction of sp³-hybridized carbons (Fsp3) is 0.529. The Morgan fingerprint density at radius 3 is 2.64 bits per heavy atom. The fourth-order valence-corrected chi connectivity index (χ4v) is 2.37. The van der Waals surface area contributed by atoms with E-state index in [0.717, 1.165) is 6.54 Å². The molecule has 5 heteroatoms. The van der Waals surface area contributed by atoms with E-state index in [-0.39, 0.29) is 11.9 Å². The largest absolute Gasteiger partial charge is 0.469 e. The van der Waals surface area contributed by atoms with Gasteiger partial charge >= 0.3 is 5.97 Å². The lowest BCUT2D eigenvalue weighted by Gasteiger charge is -2.21. The van der Waals surface area contributed by atoms with Crippen molar-refractivity contribution in [1.82, 2.24) is 10.2 Å². The van der Waals surface area contributed by atoms with Crippen LogP contribution >= 0.6 is 0 Å². The molecule has 0 spiro atoms. The topological polar surface area (TPSA) is 58.6 Å². The molecule has 1 fully saturated rings. The van der Waals surface area contributed by atoms with Crippen LogP contribution < -0.4 is 5.32 Å². The summed E-state index contributed by atoms with van der Waals surface area (Å²) < 4.78 is 4.57. The van der Waals surface area contributed by atoms with E-state index in [1.54, 1.807) is 0 Å². The maximum absolute atomic E-state index is 12.0. The molecule has 120 valence electrons. The van der Waals surface area contributed by atoms with Crippen LogP contribution in [0.4, 0.5) is 0 Å². The molecule has 0 unspecified atom stereocenters. The number of nitrogens with zero attached hydrogens (tertiary/aromatic N) is 1. The summed E-state index contributed by atoms with van der Waals surface area (Å²) in [4.78, 5) is 25.2. The maximum atomic E-state index is 12.0. The van der Waals surface area contributed by atoms with Gasteiger partial charge in [0.05, 0.1) is 13.7 Å². The van der Waals surface area contributed by atoms with Gasteiger partial charge in [-0.1, -0.05) is 30.3 Å². The second-order valence-electron chi connectivity index (χ2n) is 5.65. The van der Waals surface area contributed by atoms with Crippen LogP contribution in [0.1, 0.15) is 31.2 Å². The molecule has 1 aliphatic rings. The summed E-state index contributed by atoms with van der Waals surface area (Å²) >= 11 is 0. The monoisotopic (exact) mass is 304 g/mol. The molecule has 0 atom stereocenters. The summed E-state index contributed by atoms with van der Waals surface area (Å²) in [6, 6.07) is 10.7. The van der Waals surface area contributed by atoms with E-state index in [1.807, 2.05) is 18.2 Å². The molecule has 1 aliphatic carbocycles. The first-order valence-electron chi connectivity index (χ1n) is 7.80. The number of methoxy groups -OCH3 is 1. The van der Waals surface area contributed by atoms with Gasteiger partial charge < -0.3 is 10.1 Å². The highest BCUT2D eigenvalue weighted by Crippen LogP contribution is 2.27. The van der Waals surface area contributed by atoms with E-state index in [9.17, 15) is 9.59 Å². The highest BCUT2D eigenvalue weighted by atomic mass is 16.5. The van der Waals surface area contributed by atoms with Gasteiger partial charge in [0.25, 0.3) is 0 Å². The van der Waals surface area contributed by atoms with Crippen molar-refractivity contribution in [3.05, 3.63) is 35.9 Å². The molecule has 2 rings (SSSR count). The third-order valence-electron chi connectivity index (χ3n) is 3.75. The zero-order valence-corrected chi connectivity index (χ0v) is 13.1. The number of benzene rings is 1. The zero-order valence-electron chi connectivity index (χ0n) is 13.1. The molecule has 1 amide bonds. The van der Waals surface area contributed by atoms with Crippen molar-refractivity contribution < 1.29 is 14.3 Å². The Bertz CT molecular complexity index is 486. The maximum Gasteiger partial charge on any atom is 0.305 e. The van der Waals surface area contributed by atoms with Crippen molar-refractivity contribution in [1.29, 1.82) is 0 Å². The van der Waals surface area contributed by atoms with Crippen LogP contribution in [0.15, 0.2) is 30.3 Å². The molecule has 0 radical (unpaired) electrons. The number of carbonyl (C=O) groups excluding carboxylic acids is 2. The number of esters is 1. The number of amides is 1. The molecule has 22 heavy (non-hydrogen) atoms. The minimum absolute atomic E-state index is 0.0210. The zero-order chi connectivity index (χ0) is 15.8. The van der Waals surface area contributed by atoms with Gasteiger partial charge in [-0.3, -0.25) is 14.5 Å². The van der Waals surface area contributed by atoms with Gasteiger partial charge in [-0.05, 0) is 24.8 Å². The van der Waals surface area contributed by atoms with Crippen molar-refractivity contribution in [2.24, 2.45) is 0 Å². The number of rotatable bonds is 9. The number of hydrogen-bond acceptors (Lipinski definition) is 4. The fourth-order valence-electron chi connectivity index (χ4n) is 2.37. The van der Waals surface area contributed by atoms with E-state index in [1.165, 1.54) is 25.5 Å². The Labute approximate surface area is 131 Å². The Kier molecular flexibility index (Phi) is 6.40. The summed E-state index contributed by atoms with van der Waals surface area (Å²) in [6.07, 6.45) is 3.29. The standard InChI is InChI=1S/C17H24N2O3/c1-22-17(21)8-5-11-18-16(20)13-19(15-9-10-15)12-14-6-3-2-4-7-14/h2-4,6-7,15H,5,8-13H2,1H3,(H,18,20). The summed E-state index contributed by atoms with van der Waals surface area (Å²) in [5, 5.41) is 2.87. The average molecular weight is 304 g/mol. The first-order chi connectivity index (χ1) is 10.7. The molecule has 1 saturated carbocycles. The summed E-state index contributed by atoms with van der Waals surface area (Å²) in [5.74, 6) is -0.217. The molecule has 1 N–H and O–H groups in total. The molecule has 0 saturated heterocycles. The molecule has 1 aromatic rings. The average Bonchev–Trinajstić information content (AvgIpc) is 3.36. The van der Waals surface area contributed by atoms with Crippen LogP contribution in [-0.2, 0) is 20.9 Å². The number of ether oxygens (including phenoxy) is 1. The SMILES string of the molecule is COC(=O)CCCNC(=O)CN(Cc1ccccc1)C1CC1. The van der Waals surface area contributed by atoms with Crippen molar-refractivity contribution in [3.8, 4) is 0 Å². The van der Waals surface area contributed by atoms with Crippen molar-refractivity contribution in [3.63, 3.8) is 0 Å². The quantitative estimate of drug-likeness (QED) is 0.557. The van der Waals surface area contributed by atoms with E-state index < -0.39 is 0 Å². The van der Waals surface area contributed by atoms with E-state index in [2.05, 4.69) is 27.1 Å². The van der Waals surface area contributed by atoms with Gasteiger partial charge in [0, 0.05) is 25.6 Å². The van der Waals surface area contributed by atoms with Gasteiger partial charge in [0.15, 0.2) is 0 Å². The normalized spacial score (nSPS) is 13.9. The highest BCUT2D eigenvalue weighted by molar-refractivity contribution is 5.78. The summed E-state index contributed by atoms with van der Waals surface area (Å²) in [7, 11) is 1.37. The van der Waals surface area contributed by atoms with Crippen LogP contribution in [0.5, 0.6) is 0 Å². The lowest BCUT2D eigenvalue weighted by molar-refractivity contribution is -0.140. The lowest BCUT2D eigenvalue weighted by atomic mass is 10.2. The third-order valence-corrected chi connectivity index (χ3v) is 3.75. The highest BCUT2D eigenvalue weighted by Gasteiger charge is 2.30. The van der Waals surface area contributed by atoms with Gasteiger partial charge in [0.2, 0.25) is 5.91 Å². The van der Waals surface area contributed by atoms with Crippen molar-refractivity contribution >= 4 is 11.9 Å². The van der Waals surface area contributed by atoms with Crippen LogP contribution in [0, 0.1) is 0 Å². The molecule has 5 nitrogen and oxygen atoms in total. The number of nitrogens with one attached hydrogen (secondary N) is 1.